The molecule has 6 nitrogen and oxygen atoms in total. The molecule has 166 valence electrons. The van der Waals surface area contributed by atoms with Gasteiger partial charge in [0.05, 0.1) is 12.1 Å². The first kappa shape index (κ1) is 21.3. The van der Waals surface area contributed by atoms with Crippen LogP contribution in [0.5, 0.6) is 0 Å². The maximum atomic E-state index is 14.3. The predicted molar refractivity (Wildman–Crippen MR) is 124 cm³/mol. The third-order valence-electron chi connectivity index (χ3n) is 6.63. The summed E-state index contributed by atoms with van der Waals surface area (Å²) < 4.78 is 5.82. The first-order chi connectivity index (χ1) is 15.7. The van der Waals surface area contributed by atoms with E-state index < -0.39 is 11.3 Å². The second-order valence-electron chi connectivity index (χ2n) is 9.44. The summed E-state index contributed by atoms with van der Waals surface area (Å²) in [7, 11) is 0. The number of nitrogens with zero attached hydrogens (tertiary/aromatic N) is 2. The summed E-state index contributed by atoms with van der Waals surface area (Å²) in [4.78, 5) is 29.5. The average molecular weight is 460 g/mol. The molecular formula is C26H22ClN3O3. The van der Waals surface area contributed by atoms with E-state index in [-0.39, 0.29) is 41.2 Å². The number of hydrogen-bond donors (Lipinski definition) is 1. The molecule has 0 aromatic heterocycles. The van der Waals surface area contributed by atoms with Gasteiger partial charge >= 0.3 is 0 Å². The highest BCUT2D eigenvalue weighted by Crippen LogP contribution is 2.57. The SMILES string of the molecule is CC1(C)CC(=O)C2=C(C1)OC(N)=C(C#N)[C@]21C(=O)N(Cc2ccccc2Cl)c2ccccc21. The molecule has 2 aliphatic heterocycles. The molecule has 33 heavy (non-hydrogen) atoms. The number of allylic oxidation sites excluding steroid dienone is 1. The summed E-state index contributed by atoms with van der Waals surface area (Å²) >= 11 is 6.40. The number of amides is 1. The number of nitriles is 1. The summed E-state index contributed by atoms with van der Waals surface area (Å²) in [6.07, 6.45) is 0.685. The molecule has 2 aromatic carbocycles. The largest absolute Gasteiger partial charge is 0.444 e. The van der Waals surface area contributed by atoms with Crippen molar-refractivity contribution in [2.24, 2.45) is 11.1 Å². The Hall–Kier alpha value is -3.56. The van der Waals surface area contributed by atoms with Gasteiger partial charge in [-0.05, 0) is 23.1 Å². The van der Waals surface area contributed by atoms with Gasteiger partial charge in [-0.25, -0.2) is 0 Å². The van der Waals surface area contributed by atoms with Crippen LogP contribution in [0.3, 0.4) is 0 Å². The van der Waals surface area contributed by atoms with Gasteiger partial charge in [0.25, 0.3) is 0 Å². The van der Waals surface area contributed by atoms with E-state index in [1.165, 1.54) is 0 Å². The molecule has 1 atom stereocenters. The van der Waals surface area contributed by atoms with Crippen LogP contribution >= 0.6 is 11.6 Å². The minimum Gasteiger partial charge on any atom is -0.444 e. The van der Waals surface area contributed by atoms with Crippen molar-refractivity contribution in [2.45, 2.75) is 38.6 Å². The molecule has 3 aliphatic rings. The first-order valence-electron chi connectivity index (χ1n) is 10.7. The third-order valence-corrected chi connectivity index (χ3v) is 7.00. The Bertz CT molecular complexity index is 1330. The normalized spacial score (nSPS) is 23.4. The lowest BCUT2D eigenvalue weighted by atomic mass is 9.62. The molecule has 0 fully saturated rings. The predicted octanol–water partition coefficient (Wildman–Crippen LogP) is 4.49. The fourth-order valence-corrected chi connectivity index (χ4v) is 5.49. The monoisotopic (exact) mass is 459 g/mol. The topological polar surface area (TPSA) is 96.4 Å². The highest BCUT2D eigenvalue weighted by molar-refractivity contribution is 6.31. The third kappa shape index (κ3) is 2.93. The molecule has 0 bridgehead atoms. The number of para-hydroxylation sites is 1. The standard InChI is InChI=1S/C26H22ClN3O3/c1-25(2)11-20(31)22-21(12-25)33-23(29)17(13-28)26(22)16-8-4-6-10-19(16)30(24(26)32)14-15-7-3-5-9-18(15)27/h3-10H,11-12,14,29H2,1-2H3/t26-/m0/s1. The highest BCUT2D eigenvalue weighted by Gasteiger charge is 2.62. The number of ether oxygens (including phenoxy) is 1. The van der Waals surface area contributed by atoms with Crippen molar-refractivity contribution in [3.05, 3.63) is 87.5 Å². The molecule has 1 aliphatic carbocycles. The van der Waals surface area contributed by atoms with E-state index in [2.05, 4.69) is 6.07 Å². The van der Waals surface area contributed by atoms with E-state index in [4.69, 9.17) is 22.1 Å². The Labute approximate surface area is 196 Å². The van der Waals surface area contributed by atoms with Crippen LogP contribution in [0, 0.1) is 16.7 Å². The van der Waals surface area contributed by atoms with Gasteiger partial charge in [-0.2, -0.15) is 5.26 Å². The molecule has 0 saturated heterocycles. The average Bonchev–Trinajstić information content (AvgIpc) is 2.98. The summed E-state index contributed by atoms with van der Waals surface area (Å²) in [5.74, 6) is -0.365. The van der Waals surface area contributed by atoms with Crippen molar-refractivity contribution < 1.29 is 14.3 Å². The highest BCUT2D eigenvalue weighted by atomic mass is 35.5. The maximum absolute atomic E-state index is 14.3. The summed E-state index contributed by atoms with van der Waals surface area (Å²) in [5.41, 5.74) is 6.37. The second kappa shape index (κ2) is 7.23. The van der Waals surface area contributed by atoms with E-state index in [1.54, 1.807) is 23.1 Å². The number of hydrogen-bond acceptors (Lipinski definition) is 5. The van der Waals surface area contributed by atoms with Gasteiger partial charge in [-0.1, -0.05) is 61.8 Å². The van der Waals surface area contributed by atoms with Crippen molar-refractivity contribution in [3.63, 3.8) is 0 Å². The molecule has 2 aromatic rings. The van der Waals surface area contributed by atoms with E-state index in [0.717, 1.165) is 5.56 Å². The minimum absolute atomic E-state index is 0.0478. The number of rotatable bonds is 2. The summed E-state index contributed by atoms with van der Waals surface area (Å²) in [6.45, 7) is 4.14. The van der Waals surface area contributed by atoms with E-state index in [9.17, 15) is 14.9 Å². The van der Waals surface area contributed by atoms with Crippen LogP contribution in [0.15, 0.2) is 71.3 Å². The van der Waals surface area contributed by atoms with Crippen molar-refractivity contribution in [1.29, 1.82) is 5.26 Å². The maximum Gasteiger partial charge on any atom is 0.248 e. The molecule has 2 N–H and O–H groups in total. The minimum atomic E-state index is -1.63. The van der Waals surface area contributed by atoms with Gasteiger partial charge < -0.3 is 15.4 Å². The zero-order chi connectivity index (χ0) is 23.5. The molecular weight excluding hydrogens is 438 g/mol. The summed E-state index contributed by atoms with van der Waals surface area (Å²) in [6, 6.07) is 16.6. The number of halogens is 1. The zero-order valence-electron chi connectivity index (χ0n) is 18.3. The van der Waals surface area contributed by atoms with Crippen LogP contribution in [-0.2, 0) is 26.3 Å². The molecule has 2 heterocycles. The quantitative estimate of drug-likeness (QED) is 0.713. The fourth-order valence-electron chi connectivity index (χ4n) is 5.29. The number of carbonyl (C=O) groups excluding carboxylic acids is 2. The lowest BCUT2D eigenvalue weighted by Gasteiger charge is -2.41. The number of anilines is 1. The zero-order valence-corrected chi connectivity index (χ0v) is 19.1. The van der Waals surface area contributed by atoms with Gasteiger partial charge in [-0.15, -0.1) is 0 Å². The van der Waals surface area contributed by atoms with E-state index in [0.29, 0.717) is 28.5 Å². The molecule has 1 amide bonds. The van der Waals surface area contributed by atoms with Crippen LogP contribution in [0.25, 0.3) is 0 Å². The number of benzene rings is 2. The van der Waals surface area contributed by atoms with E-state index in [1.807, 2.05) is 44.2 Å². The van der Waals surface area contributed by atoms with Crippen LogP contribution in [0.2, 0.25) is 5.02 Å². The number of Topliss-reactive ketones (excluding diaryl/α,β-unsaturated/α-hetero) is 1. The Morgan fingerprint density at radius 2 is 1.82 bits per heavy atom. The Morgan fingerprint density at radius 1 is 1.12 bits per heavy atom. The van der Waals surface area contributed by atoms with Crippen molar-refractivity contribution in [3.8, 4) is 6.07 Å². The molecule has 0 radical (unpaired) electrons. The van der Waals surface area contributed by atoms with Crippen molar-refractivity contribution >= 4 is 29.0 Å². The first-order valence-corrected chi connectivity index (χ1v) is 11.1. The van der Waals surface area contributed by atoms with Crippen LogP contribution < -0.4 is 10.6 Å². The number of ketones is 1. The van der Waals surface area contributed by atoms with Gasteiger partial charge in [0, 0.05) is 29.1 Å². The summed E-state index contributed by atoms with van der Waals surface area (Å²) in [5, 5.41) is 10.7. The molecule has 0 saturated carbocycles. The second-order valence-corrected chi connectivity index (χ2v) is 9.85. The van der Waals surface area contributed by atoms with Gasteiger partial charge in [-0.3, -0.25) is 9.59 Å². The lowest BCUT2D eigenvalue weighted by Crippen LogP contribution is -2.50. The van der Waals surface area contributed by atoms with Crippen molar-refractivity contribution in [2.75, 3.05) is 4.90 Å². The Kier molecular flexibility index (Phi) is 4.66. The van der Waals surface area contributed by atoms with Crippen LogP contribution in [0.4, 0.5) is 5.69 Å². The number of fused-ring (bicyclic) bond motifs is 3. The van der Waals surface area contributed by atoms with Gasteiger partial charge in [0.1, 0.15) is 22.8 Å². The molecule has 1 spiro atoms. The van der Waals surface area contributed by atoms with Gasteiger partial charge in [0.15, 0.2) is 5.78 Å². The Morgan fingerprint density at radius 3 is 2.55 bits per heavy atom. The smallest absolute Gasteiger partial charge is 0.248 e. The Balaban J connectivity index is 1.78. The molecule has 7 heteroatoms. The lowest BCUT2D eigenvalue weighted by molar-refractivity contribution is -0.125. The van der Waals surface area contributed by atoms with Gasteiger partial charge in [0.2, 0.25) is 11.8 Å². The van der Waals surface area contributed by atoms with E-state index >= 15 is 0 Å². The molecule has 0 unspecified atom stereocenters. The van der Waals surface area contributed by atoms with Crippen molar-refractivity contribution in [1.82, 2.24) is 0 Å². The number of carbonyl (C=O) groups is 2. The molecule has 5 rings (SSSR count). The number of nitrogens with two attached hydrogens (primary N) is 1. The van der Waals surface area contributed by atoms with Crippen LogP contribution in [0.1, 0.15) is 37.8 Å². The van der Waals surface area contributed by atoms with Crippen LogP contribution in [-0.4, -0.2) is 11.7 Å². The fraction of sp³-hybridized carbons (Fsp3) is 0.269.